The van der Waals surface area contributed by atoms with Crippen LogP contribution in [0.4, 0.5) is 4.79 Å². The molecule has 1 aromatic carbocycles. The van der Waals surface area contributed by atoms with Crippen LogP contribution in [0, 0.1) is 0 Å². The van der Waals surface area contributed by atoms with Gasteiger partial charge in [0.1, 0.15) is 0 Å². The van der Waals surface area contributed by atoms with Crippen LogP contribution in [0.2, 0.25) is 0 Å². The minimum atomic E-state index is -0.988. The Morgan fingerprint density at radius 2 is 1.95 bits per heavy atom. The summed E-state index contributed by atoms with van der Waals surface area (Å²) in [7, 11) is 1.80. The molecule has 0 radical (unpaired) electrons. The van der Waals surface area contributed by atoms with Crippen LogP contribution in [0.5, 0.6) is 0 Å². The Bertz CT molecular complexity index is 651. The number of amides is 2. The molecule has 7 heteroatoms. The molecule has 0 aliphatic rings. The maximum atomic E-state index is 11.6. The lowest BCUT2D eigenvalue weighted by Gasteiger charge is -2.07. The van der Waals surface area contributed by atoms with Crippen molar-refractivity contribution in [1.29, 1.82) is 0 Å². The van der Waals surface area contributed by atoms with Crippen LogP contribution in [0.1, 0.15) is 21.5 Å². The van der Waals surface area contributed by atoms with Crippen LogP contribution >= 0.6 is 0 Å². The minimum absolute atomic E-state index is 0.199. The number of aromatic carboxylic acids is 1. The number of nitrogens with zero attached hydrogens (tertiary/aromatic N) is 2. The zero-order valence-electron chi connectivity index (χ0n) is 11.5. The van der Waals surface area contributed by atoms with E-state index in [1.165, 1.54) is 12.1 Å². The van der Waals surface area contributed by atoms with Crippen molar-refractivity contribution in [3.05, 3.63) is 53.3 Å². The highest BCUT2D eigenvalue weighted by Gasteiger charge is 2.05. The number of aromatic nitrogens is 2. The summed E-state index contributed by atoms with van der Waals surface area (Å²) in [6.45, 7) is 0.648. The largest absolute Gasteiger partial charge is 0.478 e. The zero-order valence-corrected chi connectivity index (χ0v) is 11.5. The molecule has 0 fully saturated rings. The van der Waals surface area contributed by atoms with Gasteiger partial charge in [0.15, 0.2) is 0 Å². The number of aryl methyl sites for hydroxylation is 1. The molecular weight excluding hydrogens is 272 g/mol. The fraction of sp³-hybridized carbons (Fsp3) is 0.214. The molecule has 2 aromatic rings. The van der Waals surface area contributed by atoms with Gasteiger partial charge in [-0.25, -0.2) is 9.59 Å². The van der Waals surface area contributed by atoms with E-state index >= 15 is 0 Å². The van der Waals surface area contributed by atoms with Crippen molar-refractivity contribution in [2.45, 2.75) is 13.1 Å². The van der Waals surface area contributed by atoms with Crippen LogP contribution in [-0.4, -0.2) is 26.9 Å². The third-order valence-corrected chi connectivity index (χ3v) is 2.84. The quantitative estimate of drug-likeness (QED) is 0.768. The number of carboxylic acids is 1. The Balaban J connectivity index is 1.81. The fourth-order valence-corrected chi connectivity index (χ4v) is 1.80. The summed E-state index contributed by atoms with van der Waals surface area (Å²) in [5.74, 6) is -0.988. The van der Waals surface area contributed by atoms with Gasteiger partial charge in [-0.3, -0.25) is 4.68 Å². The molecule has 0 aliphatic carbocycles. The second-order valence-corrected chi connectivity index (χ2v) is 4.56. The predicted octanol–water partition coefficient (Wildman–Crippen LogP) is 1.12. The van der Waals surface area contributed by atoms with Crippen LogP contribution < -0.4 is 10.6 Å². The van der Waals surface area contributed by atoms with Crippen molar-refractivity contribution in [3.63, 3.8) is 0 Å². The average Bonchev–Trinajstić information content (AvgIpc) is 2.89. The lowest BCUT2D eigenvalue weighted by molar-refractivity contribution is 0.0696. The topological polar surface area (TPSA) is 96.2 Å². The number of hydrogen-bond acceptors (Lipinski definition) is 3. The monoisotopic (exact) mass is 288 g/mol. The summed E-state index contributed by atoms with van der Waals surface area (Å²) < 4.78 is 1.66. The Kier molecular flexibility index (Phi) is 4.55. The third-order valence-electron chi connectivity index (χ3n) is 2.84. The number of hydrogen-bond donors (Lipinski definition) is 3. The van der Waals surface area contributed by atoms with Gasteiger partial charge >= 0.3 is 12.0 Å². The van der Waals surface area contributed by atoms with Gasteiger partial charge < -0.3 is 15.7 Å². The first kappa shape index (κ1) is 14.6. The lowest BCUT2D eigenvalue weighted by atomic mass is 10.1. The first-order chi connectivity index (χ1) is 10.0. The number of carbonyl (C=O) groups excluding carboxylic acids is 1. The van der Waals surface area contributed by atoms with Gasteiger partial charge in [0.25, 0.3) is 0 Å². The van der Waals surface area contributed by atoms with Crippen LogP contribution in [0.25, 0.3) is 0 Å². The molecule has 0 aliphatic heterocycles. The van der Waals surface area contributed by atoms with Gasteiger partial charge in [0.2, 0.25) is 0 Å². The summed E-state index contributed by atoms with van der Waals surface area (Å²) in [5.41, 5.74) is 1.83. The zero-order chi connectivity index (χ0) is 15.2. The molecule has 7 nitrogen and oxygen atoms in total. The van der Waals surface area contributed by atoms with E-state index in [9.17, 15) is 9.59 Å². The summed E-state index contributed by atoms with van der Waals surface area (Å²) in [4.78, 5) is 22.5. The van der Waals surface area contributed by atoms with Crippen LogP contribution in [0.15, 0.2) is 36.7 Å². The van der Waals surface area contributed by atoms with Gasteiger partial charge in [-0.15, -0.1) is 0 Å². The number of nitrogens with one attached hydrogen (secondary N) is 2. The molecule has 2 amide bonds. The van der Waals surface area contributed by atoms with Crippen LogP contribution in [0.3, 0.4) is 0 Å². The Morgan fingerprint density at radius 3 is 2.57 bits per heavy atom. The number of benzene rings is 1. The van der Waals surface area contributed by atoms with Crippen molar-refractivity contribution >= 4 is 12.0 Å². The summed E-state index contributed by atoms with van der Waals surface area (Å²) >= 11 is 0. The fourth-order valence-electron chi connectivity index (χ4n) is 1.80. The second-order valence-electron chi connectivity index (χ2n) is 4.56. The molecule has 21 heavy (non-hydrogen) atoms. The highest BCUT2D eigenvalue weighted by molar-refractivity contribution is 5.87. The molecule has 0 spiro atoms. The molecule has 3 N–H and O–H groups in total. The summed E-state index contributed by atoms with van der Waals surface area (Å²) in [6.07, 6.45) is 3.49. The minimum Gasteiger partial charge on any atom is -0.478 e. The van der Waals surface area contributed by atoms with Gasteiger partial charge in [-0.1, -0.05) is 12.1 Å². The molecule has 0 saturated carbocycles. The first-order valence-electron chi connectivity index (χ1n) is 6.36. The molecule has 110 valence electrons. The molecule has 0 unspecified atom stereocenters. The van der Waals surface area contributed by atoms with Gasteiger partial charge in [-0.05, 0) is 17.7 Å². The Labute approximate surface area is 121 Å². The van der Waals surface area contributed by atoms with E-state index in [0.29, 0.717) is 6.54 Å². The van der Waals surface area contributed by atoms with Gasteiger partial charge in [-0.2, -0.15) is 5.10 Å². The summed E-state index contributed by atoms with van der Waals surface area (Å²) in [5, 5.41) is 18.3. The number of rotatable bonds is 5. The molecule has 0 atom stereocenters. The normalized spacial score (nSPS) is 10.1. The van der Waals surface area contributed by atoms with E-state index in [0.717, 1.165) is 11.1 Å². The van der Waals surface area contributed by atoms with Crippen molar-refractivity contribution in [3.8, 4) is 0 Å². The van der Waals surface area contributed by atoms with E-state index in [2.05, 4.69) is 15.7 Å². The van der Waals surface area contributed by atoms with Crippen LogP contribution in [-0.2, 0) is 20.1 Å². The van der Waals surface area contributed by atoms with Crippen molar-refractivity contribution in [2.24, 2.45) is 7.05 Å². The van der Waals surface area contributed by atoms with E-state index in [-0.39, 0.29) is 18.1 Å². The number of urea groups is 1. The second kappa shape index (κ2) is 6.56. The lowest BCUT2D eigenvalue weighted by Crippen LogP contribution is -2.34. The highest BCUT2D eigenvalue weighted by atomic mass is 16.4. The molecule has 2 rings (SSSR count). The molecule has 1 aromatic heterocycles. The molecule has 1 heterocycles. The molecule has 0 bridgehead atoms. The van der Waals surface area contributed by atoms with E-state index < -0.39 is 5.97 Å². The number of carbonyl (C=O) groups is 2. The van der Waals surface area contributed by atoms with E-state index in [1.54, 1.807) is 30.1 Å². The summed E-state index contributed by atoms with van der Waals surface area (Å²) in [6, 6.07) is 6.12. The molecule has 0 saturated heterocycles. The van der Waals surface area contributed by atoms with Gasteiger partial charge in [0, 0.05) is 31.9 Å². The Morgan fingerprint density at radius 1 is 1.24 bits per heavy atom. The van der Waals surface area contributed by atoms with Gasteiger partial charge in [0.05, 0.1) is 11.8 Å². The van der Waals surface area contributed by atoms with E-state index in [1.807, 2.05) is 6.20 Å². The molecular formula is C14H16N4O3. The highest BCUT2D eigenvalue weighted by Crippen LogP contribution is 2.05. The maximum absolute atomic E-state index is 11.6. The predicted molar refractivity (Wildman–Crippen MR) is 75.7 cm³/mol. The van der Waals surface area contributed by atoms with E-state index in [4.69, 9.17) is 5.11 Å². The van der Waals surface area contributed by atoms with Crippen molar-refractivity contribution < 1.29 is 14.7 Å². The van der Waals surface area contributed by atoms with Crippen molar-refractivity contribution in [2.75, 3.05) is 0 Å². The smallest absolute Gasteiger partial charge is 0.335 e. The Hall–Kier alpha value is -2.83. The first-order valence-corrected chi connectivity index (χ1v) is 6.36. The third kappa shape index (κ3) is 4.34. The average molecular weight is 288 g/mol. The van der Waals surface area contributed by atoms with Crippen molar-refractivity contribution in [1.82, 2.24) is 20.4 Å². The maximum Gasteiger partial charge on any atom is 0.335 e. The SMILES string of the molecule is Cn1cc(CNC(=O)NCc2cccc(C(=O)O)c2)cn1. The standard InChI is InChI=1S/C14H16N4O3/c1-18-9-11(8-17-18)7-16-14(21)15-6-10-3-2-4-12(5-10)13(19)20/h2-5,8-9H,6-7H2,1H3,(H,19,20)(H2,15,16,21). The number of carboxylic acid groups (broad SMARTS) is 1.